The zero-order valence-electron chi connectivity index (χ0n) is 6.64. The maximum Gasteiger partial charge on any atom is 0.0697 e. The van der Waals surface area contributed by atoms with Gasteiger partial charge in [-0.1, -0.05) is 20.4 Å². The van der Waals surface area contributed by atoms with Gasteiger partial charge in [0.25, 0.3) is 0 Å². The zero-order chi connectivity index (χ0) is 7.70. The molecule has 0 saturated heterocycles. The second-order valence-corrected chi connectivity index (χ2v) is 2.03. The van der Waals surface area contributed by atoms with E-state index in [0.29, 0.717) is 0 Å². The summed E-state index contributed by atoms with van der Waals surface area (Å²) in [6, 6.07) is 0. The van der Waals surface area contributed by atoms with Crippen molar-refractivity contribution >= 4 is 16.8 Å². The van der Waals surface area contributed by atoms with E-state index in [0.717, 1.165) is 5.04 Å². The van der Waals surface area contributed by atoms with Crippen molar-refractivity contribution < 1.29 is 0 Å². The molecule has 0 spiro atoms. The molecule has 9 heavy (non-hydrogen) atoms. The molecule has 0 aromatic carbocycles. The molecule has 0 unspecified atom stereocenters. The molecule has 0 fully saturated rings. The van der Waals surface area contributed by atoms with Crippen LogP contribution in [0, 0.1) is 0 Å². The van der Waals surface area contributed by atoms with Crippen molar-refractivity contribution in [3.63, 3.8) is 0 Å². The van der Waals surface area contributed by atoms with Gasteiger partial charge in [0.15, 0.2) is 0 Å². The van der Waals surface area contributed by atoms with Crippen LogP contribution in [-0.2, 0) is 0 Å². The van der Waals surface area contributed by atoms with Crippen LogP contribution in [0.15, 0.2) is 17.8 Å². The first-order chi connectivity index (χ1) is 4.31. The number of hydrogen-bond acceptors (Lipinski definition) is 2. The lowest BCUT2D eigenvalue weighted by Crippen LogP contribution is -1.75. The molecule has 0 amide bonds. The maximum absolute atomic E-state index is 3.89. The van der Waals surface area contributed by atoms with Crippen molar-refractivity contribution in [2.75, 3.05) is 6.26 Å². The van der Waals surface area contributed by atoms with Gasteiger partial charge in [0, 0.05) is 6.20 Å². The Morgan fingerprint density at radius 3 is 2.11 bits per heavy atom. The highest BCUT2D eigenvalue weighted by Crippen LogP contribution is 1.94. The summed E-state index contributed by atoms with van der Waals surface area (Å²) in [5.74, 6) is 0. The van der Waals surface area contributed by atoms with Gasteiger partial charge in [-0.3, -0.25) is 4.99 Å². The largest absolute Gasteiger partial charge is 0.255 e. The summed E-state index contributed by atoms with van der Waals surface area (Å²) in [4.78, 5) is 3.89. The summed E-state index contributed by atoms with van der Waals surface area (Å²) < 4.78 is 0. The lowest BCUT2D eigenvalue weighted by atomic mass is 10.8. The highest BCUT2D eigenvalue weighted by Gasteiger charge is 1.77. The Kier molecular flexibility index (Phi) is 13.7. The molecule has 2 heteroatoms. The van der Waals surface area contributed by atoms with Gasteiger partial charge in [-0.2, -0.15) is 0 Å². The molecule has 0 bridgehead atoms. The molecule has 0 aliphatic heterocycles. The summed E-state index contributed by atoms with van der Waals surface area (Å²) in [5.41, 5.74) is 0. The normalized spacial score (nSPS) is 9.56. The summed E-state index contributed by atoms with van der Waals surface area (Å²) in [7, 11) is 0. The zero-order valence-corrected chi connectivity index (χ0v) is 7.46. The molecule has 0 heterocycles. The maximum atomic E-state index is 3.89. The van der Waals surface area contributed by atoms with E-state index >= 15 is 0 Å². The fourth-order valence-electron chi connectivity index (χ4n) is 0.181. The third-order valence-electron chi connectivity index (χ3n) is 0.569. The average molecular weight is 145 g/mol. The minimum absolute atomic E-state index is 1.05. The number of nitrogens with zero attached hydrogens (tertiary/aromatic N) is 1. The van der Waals surface area contributed by atoms with Crippen molar-refractivity contribution in [2.45, 2.75) is 20.8 Å². The SMILES string of the molecule is C=CN=C(C)SC.CC. The van der Waals surface area contributed by atoms with E-state index in [2.05, 4.69) is 11.6 Å². The van der Waals surface area contributed by atoms with Gasteiger partial charge in [-0.25, -0.2) is 0 Å². The fourth-order valence-corrected chi connectivity index (χ4v) is 0.361. The van der Waals surface area contributed by atoms with Gasteiger partial charge < -0.3 is 0 Å². The van der Waals surface area contributed by atoms with Crippen LogP contribution in [0.5, 0.6) is 0 Å². The van der Waals surface area contributed by atoms with Crippen molar-refractivity contribution in [2.24, 2.45) is 4.99 Å². The standard InChI is InChI=1S/C5H9NS.C2H6/c1-4-6-5(2)7-3;1-2/h4H,1H2,2-3H3;1-2H3. The second-order valence-electron chi connectivity index (χ2n) is 1.03. The third-order valence-corrected chi connectivity index (χ3v) is 1.26. The fraction of sp³-hybridized carbons (Fsp3) is 0.571. The van der Waals surface area contributed by atoms with Gasteiger partial charge in [0.2, 0.25) is 0 Å². The van der Waals surface area contributed by atoms with E-state index in [-0.39, 0.29) is 0 Å². The quantitative estimate of drug-likeness (QED) is 0.408. The molecule has 0 aliphatic rings. The molecule has 1 nitrogen and oxygen atoms in total. The molecule has 0 radical (unpaired) electrons. The number of aliphatic imine (C=N–C) groups is 1. The Bertz CT molecular complexity index is 86.9. The Hall–Kier alpha value is -0.240. The van der Waals surface area contributed by atoms with E-state index in [1.54, 1.807) is 18.0 Å². The lowest BCUT2D eigenvalue weighted by molar-refractivity contribution is 1.50. The Labute approximate surface area is 62.3 Å². The molecule has 0 saturated carbocycles. The van der Waals surface area contributed by atoms with Crippen molar-refractivity contribution in [3.05, 3.63) is 12.8 Å². The summed E-state index contributed by atoms with van der Waals surface area (Å²) in [6.45, 7) is 9.40. The van der Waals surface area contributed by atoms with Crippen molar-refractivity contribution in [1.29, 1.82) is 0 Å². The highest BCUT2D eigenvalue weighted by atomic mass is 32.2. The lowest BCUT2D eigenvalue weighted by Gasteiger charge is -1.84. The Morgan fingerprint density at radius 1 is 1.56 bits per heavy atom. The van der Waals surface area contributed by atoms with Crippen LogP contribution < -0.4 is 0 Å². The molecular formula is C7H15NS. The van der Waals surface area contributed by atoms with Crippen LogP contribution in [0.1, 0.15) is 20.8 Å². The molecule has 0 aliphatic carbocycles. The highest BCUT2D eigenvalue weighted by molar-refractivity contribution is 8.13. The van der Waals surface area contributed by atoms with Gasteiger partial charge in [0.05, 0.1) is 5.04 Å². The molecule has 54 valence electrons. The smallest absolute Gasteiger partial charge is 0.0697 e. The van der Waals surface area contributed by atoms with Gasteiger partial charge >= 0.3 is 0 Å². The van der Waals surface area contributed by atoms with E-state index < -0.39 is 0 Å². The number of thioether (sulfide) groups is 1. The minimum atomic E-state index is 1.05. The Morgan fingerprint density at radius 2 is 2.00 bits per heavy atom. The molecular weight excluding hydrogens is 130 g/mol. The second kappa shape index (κ2) is 10.7. The predicted octanol–water partition coefficient (Wildman–Crippen LogP) is 2.94. The molecule has 0 atom stereocenters. The molecule has 0 N–H and O–H groups in total. The van der Waals surface area contributed by atoms with Crippen molar-refractivity contribution in [3.8, 4) is 0 Å². The van der Waals surface area contributed by atoms with Gasteiger partial charge in [-0.05, 0) is 13.2 Å². The van der Waals surface area contributed by atoms with Gasteiger partial charge in [-0.15, -0.1) is 11.8 Å². The Balaban J connectivity index is 0. The average Bonchev–Trinajstić information content (AvgIpc) is 1.93. The van der Waals surface area contributed by atoms with E-state index in [1.807, 2.05) is 27.0 Å². The van der Waals surface area contributed by atoms with Gasteiger partial charge in [0.1, 0.15) is 0 Å². The summed E-state index contributed by atoms with van der Waals surface area (Å²) >= 11 is 1.63. The molecule has 0 aromatic heterocycles. The van der Waals surface area contributed by atoms with Crippen molar-refractivity contribution in [1.82, 2.24) is 0 Å². The minimum Gasteiger partial charge on any atom is -0.255 e. The predicted molar refractivity (Wildman–Crippen MR) is 48.2 cm³/mol. The third kappa shape index (κ3) is 11.4. The van der Waals surface area contributed by atoms with Crippen LogP contribution in [0.4, 0.5) is 0 Å². The first kappa shape index (κ1) is 11.5. The first-order valence-corrected chi connectivity index (χ1v) is 4.23. The summed E-state index contributed by atoms with van der Waals surface area (Å²) in [5, 5.41) is 1.05. The van der Waals surface area contributed by atoms with Crippen LogP contribution in [0.2, 0.25) is 0 Å². The van der Waals surface area contributed by atoms with Crippen LogP contribution in [-0.4, -0.2) is 11.3 Å². The van der Waals surface area contributed by atoms with E-state index in [1.165, 1.54) is 0 Å². The molecule has 0 aromatic rings. The molecule has 0 rings (SSSR count). The van der Waals surface area contributed by atoms with Crippen LogP contribution in [0.3, 0.4) is 0 Å². The van der Waals surface area contributed by atoms with E-state index in [9.17, 15) is 0 Å². The first-order valence-electron chi connectivity index (χ1n) is 3.00. The summed E-state index contributed by atoms with van der Waals surface area (Å²) in [6.07, 6.45) is 3.54. The number of rotatable bonds is 1. The monoisotopic (exact) mass is 145 g/mol. The van der Waals surface area contributed by atoms with E-state index in [4.69, 9.17) is 0 Å². The van der Waals surface area contributed by atoms with Crippen LogP contribution in [0.25, 0.3) is 0 Å². The number of hydrogen-bond donors (Lipinski definition) is 0. The topological polar surface area (TPSA) is 12.4 Å². The van der Waals surface area contributed by atoms with Crippen LogP contribution >= 0.6 is 11.8 Å².